The van der Waals surface area contributed by atoms with Gasteiger partial charge in [0.1, 0.15) is 0 Å². The average Bonchev–Trinajstić information content (AvgIpc) is 3.35. The fourth-order valence-corrected chi connectivity index (χ4v) is 5.25. The van der Waals surface area contributed by atoms with E-state index in [-0.39, 0.29) is 10.8 Å². The molecule has 0 fully saturated rings. The molecule has 1 aliphatic carbocycles. The minimum atomic E-state index is -0.103. The molecule has 0 amide bonds. The van der Waals surface area contributed by atoms with Crippen molar-refractivity contribution in [1.29, 1.82) is 0 Å². The fraction of sp³-hybridized carbons (Fsp3) is 0.320. The van der Waals surface area contributed by atoms with Gasteiger partial charge in [-0.3, -0.25) is 9.36 Å². The highest BCUT2D eigenvalue weighted by Gasteiger charge is 2.21. The first-order valence-corrected chi connectivity index (χ1v) is 12.3. The number of allylic oxidation sites excluding steroid dienone is 2. The summed E-state index contributed by atoms with van der Waals surface area (Å²) in [5.74, 6) is 0.718. The van der Waals surface area contributed by atoms with Gasteiger partial charge in [0.15, 0.2) is 11.0 Å². The van der Waals surface area contributed by atoms with E-state index in [0.29, 0.717) is 22.6 Å². The summed E-state index contributed by atoms with van der Waals surface area (Å²) in [6, 6.07) is 17.4. The zero-order valence-electron chi connectivity index (χ0n) is 18.6. The van der Waals surface area contributed by atoms with Crippen LogP contribution in [0.2, 0.25) is 0 Å². The van der Waals surface area contributed by atoms with E-state index < -0.39 is 0 Å². The SMILES string of the molecule is CC(Sc1nc2ccccc2c(=O)n1CCC1=CCCCC1)c1nnnn1-c1ccccc1. The molecule has 8 heteroatoms. The number of nitrogens with zero attached hydrogens (tertiary/aromatic N) is 6. The molecule has 4 aromatic rings. The number of benzene rings is 2. The van der Waals surface area contributed by atoms with Crippen LogP contribution in [-0.4, -0.2) is 29.8 Å². The third-order valence-corrected chi connectivity index (χ3v) is 7.10. The van der Waals surface area contributed by atoms with Crippen molar-refractivity contribution < 1.29 is 0 Å². The van der Waals surface area contributed by atoms with Crippen molar-refractivity contribution in [2.75, 3.05) is 0 Å². The van der Waals surface area contributed by atoms with Crippen LogP contribution >= 0.6 is 11.8 Å². The molecule has 33 heavy (non-hydrogen) atoms. The van der Waals surface area contributed by atoms with Gasteiger partial charge in [0.25, 0.3) is 5.56 Å². The molecule has 0 aliphatic heterocycles. The van der Waals surface area contributed by atoms with Crippen LogP contribution < -0.4 is 5.56 Å². The highest BCUT2D eigenvalue weighted by Crippen LogP contribution is 2.33. The Morgan fingerprint density at radius 1 is 1.06 bits per heavy atom. The first-order chi connectivity index (χ1) is 16.2. The van der Waals surface area contributed by atoms with Crippen LogP contribution in [0.3, 0.4) is 0 Å². The van der Waals surface area contributed by atoms with E-state index in [4.69, 9.17) is 4.98 Å². The molecule has 1 unspecified atom stereocenters. The average molecular weight is 459 g/mol. The van der Waals surface area contributed by atoms with E-state index >= 15 is 0 Å². The zero-order chi connectivity index (χ0) is 22.6. The Hall–Kier alpha value is -3.26. The summed E-state index contributed by atoms with van der Waals surface area (Å²) in [4.78, 5) is 18.3. The standard InChI is InChI=1S/C25H26N6OS/c1-18(23-27-28-29-31(23)20-12-6-3-7-13-20)33-25-26-22-15-9-8-14-21(22)24(32)30(25)17-16-19-10-4-2-5-11-19/h3,6-10,12-15,18H,2,4-5,11,16-17H2,1H3. The molecule has 2 heterocycles. The monoisotopic (exact) mass is 458 g/mol. The van der Waals surface area contributed by atoms with Crippen LogP contribution in [0.4, 0.5) is 0 Å². The summed E-state index contributed by atoms with van der Waals surface area (Å²) in [5, 5.41) is 13.6. The molecule has 0 bridgehead atoms. The molecule has 5 rings (SSSR count). The van der Waals surface area contributed by atoms with Crippen molar-refractivity contribution in [3.63, 3.8) is 0 Å². The van der Waals surface area contributed by atoms with Gasteiger partial charge in [0.2, 0.25) is 0 Å². The van der Waals surface area contributed by atoms with E-state index in [9.17, 15) is 4.79 Å². The molecule has 0 N–H and O–H groups in total. The second kappa shape index (κ2) is 9.70. The van der Waals surface area contributed by atoms with Crippen LogP contribution in [0.15, 0.2) is 76.2 Å². The number of fused-ring (bicyclic) bond motifs is 1. The maximum Gasteiger partial charge on any atom is 0.262 e. The fourth-order valence-electron chi connectivity index (χ4n) is 4.23. The molecule has 0 saturated heterocycles. The highest BCUT2D eigenvalue weighted by molar-refractivity contribution is 7.99. The van der Waals surface area contributed by atoms with Gasteiger partial charge in [-0.25, -0.2) is 4.98 Å². The molecule has 168 valence electrons. The van der Waals surface area contributed by atoms with Crippen molar-refractivity contribution in [2.24, 2.45) is 0 Å². The summed E-state index contributed by atoms with van der Waals surface area (Å²) in [6.07, 6.45) is 7.98. The minimum absolute atomic E-state index is 0.00867. The van der Waals surface area contributed by atoms with Gasteiger partial charge in [0.05, 0.1) is 21.8 Å². The highest BCUT2D eigenvalue weighted by atomic mass is 32.2. The quantitative estimate of drug-likeness (QED) is 0.217. The predicted molar refractivity (Wildman–Crippen MR) is 131 cm³/mol. The van der Waals surface area contributed by atoms with E-state index in [1.54, 1.807) is 4.68 Å². The van der Waals surface area contributed by atoms with Crippen LogP contribution in [0.25, 0.3) is 16.6 Å². The Kier molecular flexibility index (Phi) is 6.35. The summed E-state index contributed by atoms with van der Waals surface area (Å²) < 4.78 is 3.57. The predicted octanol–water partition coefficient (Wildman–Crippen LogP) is 5.12. The molecule has 2 aromatic heterocycles. The molecular formula is C25H26N6OS. The third kappa shape index (κ3) is 4.61. The number of hydrogen-bond donors (Lipinski definition) is 0. The second-order valence-electron chi connectivity index (χ2n) is 8.27. The lowest BCUT2D eigenvalue weighted by Gasteiger charge is -2.18. The van der Waals surface area contributed by atoms with E-state index in [1.807, 2.05) is 66.1 Å². The number of aromatic nitrogens is 6. The molecule has 7 nitrogen and oxygen atoms in total. The van der Waals surface area contributed by atoms with Crippen molar-refractivity contribution >= 4 is 22.7 Å². The topological polar surface area (TPSA) is 78.5 Å². The summed E-state index contributed by atoms with van der Waals surface area (Å²) in [5.41, 5.74) is 3.07. The van der Waals surface area contributed by atoms with Gasteiger partial charge in [-0.2, -0.15) is 4.68 Å². The van der Waals surface area contributed by atoms with Crippen molar-refractivity contribution in [3.05, 3.63) is 82.4 Å². The molecule has 0 radical (unpaired) electrons. The Morgan fingerprint density at radius 2 is 1.88 bits per heavy atom. The first kappa shape index (κ1) is 21.6. The van der Waals surface area contributed by atoms with Gasteiger partial charge < -0.3 is 0 Å². The smallest absolute Gasteiger partial charge is 0.262 e. The minimum Gasteiger partial charge on any atom is -0.287 e. The van der Waals surface area contributed by atoms with E-state index in [2.05, 4.69) is 21.6 Å². The van der Waals surface area contributed by atoms with Gasteiger partial charge in [-0.05, 0) is 73.7 Å². The summed E-state index contributed by atoms with van der Waals surface area (Å²) in [6.45, 7) is 2.67. The van der Waals surface area contributed by atoms with Gasteiger partial charge >= 0.3 is 0 Å². The van der Waals surface area contributed by atoms with Gasteiger partial charge in [0, 0.05) is 6.54 Å². The second-order valence-corrected chi connectivity index (χ2v) is 9.58. The number of tetrazole rings is 1. The van der Waals surface area contributed by atoms with E-state index in [0.717, 1.165) is 30.8 Å². The van der Waals surface area contributed by atoms with Crippen molar-refractivity contribution in [1.82, 2.24) is 29.8 Å². The molecular weight excluding hydrogens is 432 g/mol. The molecule has 0 saturated carbocycles. The Morgan fingerprint density at radius 3 is 2.70 bits per heavy atom. The lowest BCUT2D eigenvalue weighted by Crippen LogP contribution is -2.24. The number of thioether (sulfide) groups is 1. The molecule has 1 aliphatic rings. The Labute approximate surface area is 196 Å². The summed E-state index contributed by atoms with van der Waals surface area (Å²) in [7, 11) is 0. The zero-order valence-corrected chi connectivity index (χ0v) is 19.4. The molecule has 2 aromatic carbocycles. The Bertz CT molecular complexity index is 1340. The number of rotatable bonds is 7. The van der Waals surface area contributed by atoms with Crippen molar-refractivity contribution in [2.45, 2.75) is 56.0 Å². The summed E-state index contributed by atoms with van der Waals surface area (Å²) >= 11 is 1.52. The van der Waals surface area contributed by atoms with Crippen LogP contribution in [0, 0.1) is 0 Å². The van der Waals surface area contributed by atoms with E-state index in [1.165, 1.54) is 30.2 Å². The van der Waals surface area contributed by atoms with Crippen LogP contribution in [0.5, 0.6) is 0 Å². The number of para-hydroxylation sites is 2. The molecule has 1 atom stereocenters. The molecule has 0 spiro atoms. The van der Waals surface area contributed by atoms with Gasteiger partial charge in [-0.15, -0.1) is 5.10 Å². The Balaban J connectivity index is 1.49. The third-order valence-electron chi connectivity index (χ3n) is 6.01. The largest absolute Gasteiger partial charge is 0.287 e. The van der Waals surface area contributed by atoms with Crippen molar-refractivity contribution in [3.8, 4) is 5.69 Å². The lowest BCUT2D eigenvalue weighted by atomic mass is 9.97. The van der Waals surface area contributed by atoms with Crippen LogP contribution in [0.1, 0.15) is 50.1 Å². The van der Waals surface area contributed by atoms with Gasteiger partial charge in [-0.1, -0.05) is 53.7 Å². The van der Waals surface area contributed by atoms with Crippen LogP contribution in [-0.2, 0) is 6.54 Å². The maximum atomic E-state index is 13.4. The lowest BCUT2D eigenvalue weighted by molar-refractivity contribution is 0.568. The number of hydrogen-bond acceptors (Lipinski definition) is 6. The normalized spacial score (nSPS) is 14.9. The maximum absolute atomic E-state index is 13.4. The first-order valence-electron chi connectivity index (χ1n) is 11.4.